The van der Waals surface area contributed by atoms with Gasteiger partial charge in [-0.2, -0.15) is 8.42 Å². The first-order valence-corrected chi connectivity index (χ1v) is 11.5. The highest BCUT2D eigenvalue weighted by Gasteiger charge is 2.32. The molecule has 3 rings (SSSR count). The van der Waals surface area contributed by atoms with Gasteiger partial charge in [-0.15, -0.1) is 27.8 Å². The molecular formula is C16H24ClN3O2S2. The fraction of sp³-hybridized carbons (Fsp3) is 0.750. The van der Waals surface area contributed by atoms with Crippen molar-refractivity contribution in [3.05, 3.63) is 10.3 Å². The lowest BCUT2D eigenvalue weighted by Crippen LogP contribution is -2.44. The number of nitrogens with zero attached hydrogens (tertiary/aromatic N) is 2. The molecule has 0 saturated heterocycles. The smallest absolute Gasteiger partial charge is 0.289 e. The summed E-state index contributed by atoms with van der Waals surface area (Å²) in [6.07, 6.45) is 10.1. The van der Waals surface area contributed by atoms with Crippen LogP contribution in [0.4, 0.5) is 0 Å². The van der Waals surface area contributed by atoms with Crippen molar-refractivity contribution in [3.63, 3.8) is 0 Å². The second-order valence-corrected chi connectivity index (χ2v) is 10.0. The molecule has 2 heterocycles. The first-order valence-electron chi connectivity index (χ1n) is 8.63. The van der Waals surface area contributed by atoms with E-state index < -0.39 is 10.0 Å². The summed E-state index contributed by atoms with van der Waals surface area (Å²) in [5.41, 5.74) is 0. The molecule has 0 aromatic carbocycles. The van der Waals surface area contributed by atoms with E-state index in [-0.39, 0.29) is 17.3 Å². The van der Waals surface area contributed by atoms with E-state index in [1.165, 1.54) is 11.8 Å². The van der Waals surface area contributed by atoms with Crippen LogP contribution in [0.15, 0.2) is 19.7 Å². The van der Waals surface area contributed by atoms with E-state index in [1.54, 1.807) is 6.08 Å². The maximum atomic E-state index is 12.6. The summed E-state index contributed by atoms with van der Waals surface area (Å²) in [5.74, 6) is 1.36. The van der Waals surface area contributed by atoms with Crippen LogP contribution in [-0.4, -0.2) is 44.2 Å². The number of alkyl halides is 1. The molecule has 0 bridgehead atoms. The largest absolute Gasteiger partial charge is 0.369 e. The topological polar surface area (TPSA) is 70.9 Å². The van der Waals surface area contributed by atoms with Gasteiger partial charge in [-0.1, -0.05) is 18.9 Å². The molecule has 0 aromatic heterocycles. The molecule has 24 heavy (non-hydrogen) atoms. The number of thioether (sulfide) groups is 1. The summed E-state index contributed by atoms with van der Waals surface area (Å²) < 4.78 is 29.9. The van der Waals surface area contributed by atoms with Crippen LogP contribution in [0.3, 0.4) is 0 Å². The summed E-state index contributed by atoms with van der Waals surface area (Å²) >= 11 is 7.89. The van der Waals surface area contributed by atoms with Crippen molar-refractivity contribution >= 4 is 45.4 Å². The van der Waals surface area contributed by atoms with Crippen molar-refractivity contribution < 1.29 is 8.42 Å². The Hall–Kier alpha value is -0.530. The predicted molar refractivity (Wildman–Crippen MR) is 103 cm³/mol. The molecule has 1 aliphatic carbocycles. The van der Waals surface area contributed by atoms with Gasteiger partial charge in [-0.3, -0.25) is 4.99 Å². The summed E-state index contributed by atoms with van der Waals surface area (Å²) in [6, 6.07) is 0.187. The number of aliphatic imine (C=N–C) groups is 1. The molecule has 5 nitrogen and oxygen atoms in total. The number of nitrogens with one attached hydrogen (secondary N) is 1. The highest BCUT2D eigenvalue weighted by Crippen LogP contribution is 2.33. The minimum atomic E-state index is -3.63. The molecule has 0 amide bonds. The van der Waals surface area contributed by atoms with Crippen molar-refractivity contribution in [2.75, 3.05) is 12.3 Å². The Labute approximate surface area is 153 Å². The zero-order valence-corrected chi connectivity index (χ0v) is 16.0. The van der Waals surface area contributed by atoms with Gasteiger partial charge in [0, 0.05) is 42.3 Å². The summed E-state index contributed by atoms with van der Waals surface area (Å²) in [6.45, 7) is 0.771. The molecule has 8 heteroatoms. The van der Waals surface area contributed by atoms with Gasteiger partial charge in [0.05, 0.1) is 0 Å². The highest BCUT2D eigenvalue weighted by atomic mass is 35.5. The first-order chi connectivity index (χ1) is 11.6. The first kappa shape index (κ1) is 18.3. The second kappa shape index (κ2) is 8.23. The standard InChI is InChI=1S/C16H24ClN3O2S2/c17-14-5-2-1-4-13(14)16(19-12-7-9-18-10-8-12)20-24(21,22)15-6-3-11-23-15/h6,9,12-14H,1-5,7-8,10-11H2,(H,19,20). The molecule has 3 atom stereocenters. The molecule has 1 N–H and O–H groups in total. The average Bonchev–Trinajstić information content (AvgIpc) is 3.11. The Morgan fingerprint density at radius 2 is 2.17 bits per heavy atom. The number of amidine groups is 1. The number of hydrogen-bond acceptors (Lipinski definition) is 4. The van der Waals surface area contributed by atoms with Crippen molar-refractivity contribution in [3.8, 4) is 0 Å². The lowest BCUT2D eigenvalue weighted by molar-refractivity contribution is 0.431. The van der Waals surface area contributed by atoms with Gasteiger partial charge in [0.25, 0.3) is 10.0 Å². The van der Waals surface area contributed by atoms with E-state index in [1.807, 2.05) is 6.21 Å². The number of rotatable bonds is 4. The molecule has 0 spiro atoms. The van der Waals surface area contributed by atoms with Crippen LogP contribution < -0.4 is 5.32 Å². The summed E-state index contributed by atoms with van der Waals surface area (Å²) in [7, 11) is -3.63. The van der Waals surface area contributed by atoms with E-state index in [0.29, 0.717) is 10.1 Å². The highest BCUT2D eigenvalue weighted by molar-refractivity contribution is 8.18. The predicted octanol–water partition coefficient (Wildman–Crippen LogP) is 3.31. The quantitative estimate of drug-likeness (QED) is 0.455. The average molecular weight is 390 g/mol. The van der Waals surface area contributed by atoms with Gasteiger partial charge in [-0.25, -0.2) is 0 Å². The molecule has 134 valence electrons. The van der Waals surface area contributed by atoms with Gasteiger partial charge in [-0.05, 0) is 25.7 Å². The lowest BCUT2D eigenvalue weighted by atomic mass is 9.87. The molecule has 2 aliphatic heterocycles. The van der Waals surface area contributed by atoms with Crippen LogP contribution in [0.1, 0.15) is 44.9 Å². The number of allylic oxidation sites excluding steroid dienone is 1. The van der Waals surface area contributed by atoms with E-state index in [9.17, 15) is 8.42 Å². The molecule has 0 aromatic rings. The van der Waals surface area contributed by atoms with E-state index in [0.717, 1.165) is 57.2 Å². The number of hydrogen-bond donors (Lipinski definition) is 1. The molecule has 3 aliphatic rings. The number of halogens is 1. The fourth-order valence-electron chi connectivity index (χ4n) is 3.33. The van der Waals surface area contributed by atoms with Crippen molar-refractivity contribution in [1.82, 2.24) is 5.32 Å². The van der Waals surface area contributed by atoms with E-state index in [2.05, 4.69) is 14.7 Å². The van der Waals surface area contributed by atoms with Gasteiger partial charge < -0.3 is 5.32 Å². The van der Waals surface area contributed by atoms with Crippen LogP contribution in [0.5, 0.6) is 0 Å². The molecule has 1 fully saturated rings. The monoisotopic (exact) mass is 389 g/mol. The minimum absolute atomic E-state index is 0.0129. The van der Waals surface area contributed by atoms with Crippen LogP contribution in [-0.2, 0) is 10.0 Å². The Kier molecular flexibility index (Phi) is 6.27. The van der Waals surface area contributed by atoms with Crippen molar-refractivity contribution in [2.45, 2.75) is 56.4 Å². The molecule has 1 saturated carbocycles. The minimum Gasteiger partial charge on any atom is -0.369 e. The normalized spacial score (nSPS) is 31.8. The number of sulfonamides is 1. The van der Waals surface area contributed by atoms with Crippen LogP contribution in [0.25, 0.3) is 0 Å². The van der Waals surface area contributed by atoms with Gasteiger partial charge in [0.2, 0.25) is 0 Å². The third kappa shape index (κ3) is 4.55. The van der Waals surface area contributed by atoms with Crippen LogP contribution >= 0.6 is 23.4 Å². The SMILES string of the molecule is O=S(=O)(/N=C(/NC1CC=NCC1)C1CCCCC1Cl)C1=CCCS1. The van der Waals surface area contributed by atoms with Gasteiger partial charge >= 0.3 is 0 Å². The van der Waals surface area contributed by atoms with Crippen LogP contribution in [0.2, 0.25) is 0 Å². The molecule has 3 unspecified atom stereocenters. The third-order valence-corrected chi connectivity index (χ3v) is 8.17. The summed E-state index contributed by atoms with van der Waals surface area (Å²) in [5, 5.41) is 3.34. The third-order valence-electron chi connectivity index (χ3n) is 4.66. The Balaban J connectivity index is 1.85. The fourth-order valence-corrected chi connectivity index (χ4v) is 6.22. The van der Waals surface area contributed by atoms with Crippen LogP contribution in [0, 0.1) is 5.92 Å². The molecular weight excluding hydrogens is 366 g/mol. The van der Waals surface area contributed by atoms with Crippen molar-refractivity contribution in [2.24, 2.45) is 15.3 Å². The van der Waals surface area contributed by atoms with E-state index in [4.69, 9.17) is 11.6 Å². The van der Waals surface area contributed by atoms with Gasteiger partial charge in [0.1, 0.15) is 10.1 Å². The maximum absolute atomic E-state index is 12.6. The van der Waals surface area contributed by atoms with Crippen molar-refractivity contribution in [1.29, 1.82) is 0 Å². The molecule has 0 radical (unpaired) electrons. The summed E-state index contributed by atoms with van der Waals surface area (Å²) in [4.78, 5) is 4.24. The Morgan fingerprint density at radius 3 is 2.83 bits per heavy atom. The Bertz CT molecular complexity index is 646. The van der Waals surface area contributed by atoms with Gasteiger partial charge in [0.15, 0.2) is 0 Å². The lowest BCUT2D eigenvalue weighted by Gasteiger charge is -2.31. The second-order valence-electron chi connectivity index (χ2n) is 6.47. The zero-order valence-electron chi connectivity index (χ0n) is 13.7. The van der Waals surface area contributed by atoms with E-state index >= 15 is 0 Å². The Morgan fingerprint density at radius 1 is 1.33 bits per heavy atom. The maximum Gasteiger partial charge on any atom is 0.289 e. The zero-order chi connectivity index (χ0) is 17.0.